The van der Waals surface area contributed by atoms with Crippen LogP contribution in [-0.2, 0) is 11.2 Å². The molecule has 2 N–H and O–H groups in total. The summed E-state index contributed by atoms with van der Waals surface area (Å²) in [4.78, 5) is 25.9. The third-order valence-corrected chi connectivity index (χ3v) is 5.29. The number of carboxylic acids is 1. The Bertz CT molecular complexity index is 598. The van der Waals surface area contributed by atoms with Gasteiger partial charge in [0.05, 0.1) is 11.5 Å². The standard InChI is InChI=1S/C20H29NO4/c1-3-5-6-15-7-9-16(10-8-15)18(23)21-13-12-20(11-4-2,19(24)25)17(22)14-21/h7-10,17,22H,3-6,11-14H2,1-2H3,(H,24,25)/t17-,20-/m0/s1. The molecule has 25 heavy (non-hydrogen) atoms. The van der Waals surface area contributed by atoms with Gasteiger partial charge < -0.3 is 15.1 Å². The van der Waals surface area contributed by atoms with E-state index in [2.05, 4.69) is 6.92 Å². The average Bonchev–Trinajstić information content (AvgIpc) is 2.61. The van der Waals surface area contributed by atoms with Gasteiger partial charge in [-0.2, -0.15) is 0 Å². The molecule has 0 bridgehead atoms. The fraction of sp³-hybridized carbons (Fsp3) is 0.600. The van der Waals surface area contributed by atoms with Crippen LogP contribution >= 0.6 is 0 Å². The molecule has 0 aliphatic carbocycles. The summed E-state index contributed by atoms with van der Waals surface area (Å²) in [7, 11) is 0. The van der Waals surface area contributed by atoms with Gasteiger partial charge in [0.15, 0.2) is 0 Å². The summed E-state index contributed by atoms with van der Waals surface area (Å²) < 4.78 is 0. The smallest absolute Gasteiger partial charge is 0.312 e. The SMILES string of the molecule is CCCCc1ccc(C(=O)N2CC[C@](CCC)(C(=O)O)[C@@H](O)C2)cc1. The summed E-state index contributed by atoms with van der Waals surface area (Å²) in [5.41, 5.74) is 0.672. The molecule has 0 spiro atoms. The number of carbonyl (C=O) groups is 2. The van der Waals surface area contributed by atoms with Crippen molar-refractivity contribution in [2.75, 3.05) is 13.1 Å². The number of amides is 1. The van der Waals surface area contributed by atoms with E-state index in [1.807, 2.05) is 31.2 Å². The van der Waals surface area contributed by atoms with Crippen molar-refractivity contribution in [3.63, 3.8) is 0 Å². The maximum absolute atomic E-state index is 12.7. The Morgan fingerprint density at radius 2 is 1.88 bits per heavy atom. The number of aliphatic hydroxyl groups is 1. The van der Waals surface area contributed by atoms with E-state index in [0.717, 1.165) is 19.3 Å². The fourth-order valence-electron chi connectivity index (χ4n) is 3.63. The van der Waals surface area contributed by atoms with Crippen LogP contribution in [0.15, 0.2) is 24.3 Å². The molecule has 138 valence electrons. The number of aryl methyl sites for hydroxylation is 1. The van der Waals surface area contributed by atoms with E-state index in [-0.39, 0.29) is 18.9 Å². The zero-order chi connectivity index (χ0) is 18.4. The zero-order valence-corrected chi connectivity index (χ0v) is 15.2. The van der Waals surface area contributed by atoms with Crippen molar-refractivity contribution in [2.24, 2.45) is 5.41 Å². The average molecular weight is 347 g/mol. The highest BCUT2D eigenvalue weighted by molar-refractivity contribution is 5.94. The highest BCUT2D eigenvalue weighted by atomic mass is 16.4. The highest BCUT2D eigenvalue weighted by Crippen LogP contribution is 2.37. The number of benzene rings is 1. The zero-order valence-electron chi connectivity index (χ0n) is 15.2. The minimum Gasteiger partial charge on any atom is -0.481 e. The Balaban J connectivity index is 2.05. The van der Waals surface area contributed by atoms with Crippen molar-refractivity contribution >= 4 is 11.9 Å². The first-order valence-corrected chi connectivity index (χ1v) is 9.24. The lowest BCUT2D eigenvalue weighted by atomic mass is 9.72. The van der Waals surface area contributed by atoms with E-state index < -0.39 is 17.5 Å². The first-order chi connectivity index (χ1) is 11.9. The number of hydrogen-bond acceptors (Lipinski definition) is 3. The van der Waals surface area contributed by atoms with Gasteiger partial charge in [0, 0.05) is 18.7 Å². The number of aliphatic carboxylic acids is 1. The molecule has 5 heteroatoms. The fourth-order valence-corrected chi connectivity index (χ4v) is 3.63. The number of carbonyl (C=O) groups excluding carboxylic acids is 1. The van der Waals surface area contributed by atoms with Crippen LogP contribution in [0.4, 0.5) is 0 Å². The second-order valence-electron chi connectivity index (χ2n) is 7.03. The Morgan fingerprint density at radius 3 is 2.40 bits per heavy atom. The monoisotopic (exact) mass is 347 g/mol. The van der Waals surface area contributed by atoms with Crippen molar-refractivity contribution < 1.29 is 19.8 Å². The van der Waals surface area contributed by atoms with Crippen molar-refractivity contribution in [3.8, 4) is 0 Å². The Hall–Kier alpha value is -1.88. The molecular formula is C20H29NO4. The van der Waals surface area contributed by atoms with Crippen LogP contribution in [0.5, 0.6) is 0 Å². The molecule has 1 aromatic carbocycles. The molecule has 1 aliphatic rings. The first-order valence-electron chi connectivity index (χ1n) is 9.24. The van der Waals surface area contributed by atoms with Gasteiger partial charge in [-0.15, -0.1) is 0 Å². The van der Waals surface area contributed by atoms with Gasteiger partial charge in [-0.05, 0) is 43.4 Å². The molecule has 0 aromatic heterocycles. The third kappa shape index (κ3) is 4.21. The summed E-state index contributed by atoms with van der Waals surface area (Å²) in [5.74, 6) is -1.11. The minimum atomic E-state index is -1.13. The van der Waals surface area contributed by atoms with Crippen LogP contribution in [0.2, 0.25) is 0 Å². The summed E-state index contributed by atoms with van der Waals surface area (Å²) >= 11 is 0. The lowest BCUT2D eigenvalue weighted by Gasteiger charge is -2.42. The third-order valence-electron chi connectivity index (χ3n) is 5.29. The number of hydrogen-bond donors (Lipinski definition) is 2. The topological polar surface area (TPSA) is 77.8 Å². The van der Waals surface area contributed by atoms with Gasteiger partial charge in [-0.25, -0.2) is 0 Å². The van der Waals surface area contributed by atoms with Gasteiger partial charge in [0.1, 0.15) is 0 Å². The van der Waals surface area contributed by atoms with Crippen LogP contribution in [0, 0.1) is 5.41 Å². The number of β-amino-alcohol motifs (C(OH)–C–C–N with tert-alkyl or cyclic N) is 1. The van der Waals surface area contributed by atoms with E-state index in [1.54, 1.807) is 4.90 Å². The molecule has 2 rings (SSSR count). The first kappa shape index (κ1) is 19.4. The van der Waals surface area contributed by atoms with Gasteiger partial charge in [0.25, 0.3) is 5.91 Å². The van der Waals surface area contributed by atoms with Gasteiger partial charge in [-0.3, -0.25) is 9.59 Å². The predicted molar refractivity (Wildman–Crippen MR) is 96.6 cm³/mol. The molecule has 1 saturated heterocycles. The van der Waals surface area contributed by atoms with E-state index in [4.69, 9.17) is 0 Å². The molecule has 5 nitrogen and oxygen atoms in total. The largest absolute Gasteiger partial charge is 0.481 e. The van der Waals surface area contributed by atoms with Crippen molar-refractivity contribution in [3.05, 3.63) is 35.4 Å². The van der Waals surface area contributed by atoms with E-state index in [0.29, 0.717) is 24.9 Å². The van der Waals surface area contributed by atoms with Gasteiger partial charge >= 0.3 is 5.97 Å². The second kappa shape index (κ2) is 8.48. The summed E-state index contributed by atoms with van der Waals surface area (Å²) in [5, 5.41) is 20.0. The summed E-state index contributed by atoms with van der Waals surface area (Å²) in [6, 6.07) is 7.60. The molecule has 1 aliphatic heterocycles. The Labute approximate surface area is 149 Å². The normalized spacial score (nSPS) is 23.5. The van der Waals surface area contributed by atoms with Crippen LogP contribution in [-0.4, -0.2) is 46.2 Å². The molecule has 2 atom stereocenters. The molecule has 1 heterocycles. The number of nitrogens with zero attached hydrogens (tertiary/aromatic N) is 1. The number of piperidine rings is 1. The van der Waals surface area contributed by atoms with E-state index >= 15 is 0 Å². The van der Waals surface area contributed by atoms with Gasteiger partial charge in [0.2, 0.25) is 0 Å². The number of rotatable bonds is 7. The molecule has 1 amide bonds. The second-order valence-corrected chi connectivity index (χ2v) is 7.03. The van der Waals surface area contributed by atoms with Gasteiger partial charge in [-0.1, -0.05) is 38.8 Å². The lowest BCUT2D eigenvalue weighted by molar-refractivity contribution is -0.162. The minimum absolute atomic E-state index is 0.0721. The molecule has 1 fully saturated rings. The van der Waals surface area contributed by atoms with Crippen molar-refractivity contribution in [1.82, 2.24) is 4.90 Å². The summed E-state index contributed by atoms with van der Waals surface area (Å²) in [6.45, 7) is 4.49. The Kier molecular flexibility index (Phi) is 6.59. The summed E-state index contributed by atoms with van der Waals surface area (Å²) in [6.07, 6.45) is 3.64. The van der Waals surface area contributed by atoms with E-state index in [1.165, 1.54) is 5.56 Å². The van der Waals surface area contributed by atoms with Crippen LogP contribution < -0.4 is 0 Å². The molecule has 0 radical (unpaired) electrons. The van der Waals surface area contributed by atoms with Crippen LogP contribution in [0.1, 0.15) is 61.9 Å². The van der Waals surface area contributed by atoms with Crippen LogP contribution in [0.25, 0.3) is 0 Å². The Morgan fingerprint density at radius 1 is 1.20 bits per heavy atom. The number of likely N-dealkylation sites (tertiary alicyclic amines) is 1. The number of unbranched alkanes of at least 4 members (excludes halogenated alkanes) is 1. The predicted octanol–water partition coefficient (Wildman–Crippen LogP) is 3.11. The molecular weight excluding hydrogens is 318 g/mol. The van der Waals surface area contributed by atoms with Crippen LogP contribution in [0.3, 0.4) is 0 Å². The maximum Gasteiger partial charge on any atom is 0.312 e. The molecule has 0 saturated carbocycles. The van der Waals surface area contributed by atoms with E-state index in [9.17, 15) is 19.8 Å². The highest BCUT2D eigenvalue weighted by Gasteiger charge is 2.48. The number of aliphatic hydroxyl groups excluding tert-OH is 1. The quantitative estimate of drug-likeness (QED) is 0.794. The lowest BCUT2D eigenvalue weighted by Crippen LogP contribution is -2.56. The van der Waals surface area contributed by atoms with Crippen molar-refractivity contribution in [2.45, 2.75) is 58.5 Å². The molecule has 1 aromatic rings. The maximum atomic E-state index is 12.7. The van der Waals surface area contributed by atoms with Crippen molar-refractivity contribution in [1.29, 1.82) is 0 Å². The number of carboxylic acid groups (broad SMARTS) is 1. The molecule has 0 unspecified atom stereocenters.